The summed E-state index contributed by atoms with van der Waals surface area (Å²) in [5.41, 5.74) is 3.64. The van der Waals surface area contributed by atoms with Gasteiger partial charge in [0, 0.05) is 12.1 Å². The molecule has 0 fully saturated rings. The number of carboxylic acids is 1. The van der Waals surface area contributed by atoms with Gasteiger partial charge in [-0.1, -0.05) is 6.08 Å². The SMILES string of the molecule is C=CCON[C@H]1CN[C@@H](C(=O)O)c2occc21. The van der Waals surface area contributed by atoms with Gasteiger partial charge in [-0.15, -0.1) is 6.58 Å². The Kier molecular flexibility index (Phi) is 3.58. The Morgan fingerprint density at radius 2 is 2.65 bits per heavy atom. The number of fused-ring (bicyclic) bond motifs is 1. The van der Waals surface area contributed by atoms with Crippen molar-refractivity contribution in [1.82, 2.24) is 10.8 Å². The fourth-order valence-electron chi connectivity index (χ4n) is 1.80. The molecule has 6 nitrogen and oxygen atoms in total. The third-order valence-corrected chi connectivity index (χ3v) is 2.56. The van der Waals surface area contributed by atoms with Crippen molar-refractivity contribution >= 4 is 5.97 Å². The molecule has 17 heavy (non-hydrogen) atoms. The summed E-state index contributed by atoms with van der Waals surface area (Å²) < 4.78 is 5.21. The van der Waals surface area contributed by atoms with Crippen LogP contribution in [0.15, 0.2) is 29.4 Å². The first-order valence-corrected chi connectivity index (χ1v) is 5.25. The first kappa shape index (κ1) is 11.8. The van der Waals surface area contributed by atoms with Gasteiger partial charge in [-0.3, -0.25) is 14.9 Å². The van der Waals surface area contributed by atoms with Crippen molar-refractivity contribution in [3.63, 3.8) is 0 Å². The van der Waals surface area contributed by atoms with E-state index in [1.54, 1.807) is 12.1 Å². The van der Waals surface area contributed by atoms with Crippen LogP contribution >= 0.6 is 0 Å². The van der Waals surface area contributed by atoms with Gasteiger partial charge in [-0.05, 0) is 6.07 Å². The van der Waals surface area contributed by atoms with E-state index >= 15 is 0 Å². The fourth-order valence-corrected chi connectivity index (χ4v) is 1.80. The van der Waals surface area contributed by atoms with Gasteiger partial charge in [0.1, 0.15) is 5.76 Å². The first-order valence-electron chi connectivity index (χ1n) is 5.25. The highest BCUT2D eigenvalue weighted by Crippen LogP contribution is 2.29. The zero-order valence-corrected chi connectivity index (χ0v) is 9.18. The molecule has 0 saturated heterocycles. The lowest BCUT2D eigenvalue weighted by molar-refractivity contribution is -0.140. The minimum Gasteiger partial charge on any atom is -0.480 e. The lowest BCUT2D eigenvalue weighted by Gasteiger charge is -2.26. The minimum absolute atomic E-state index is 0.126. The molecule has 1 aliphatic heterocycles. The van der Waals surface area contributed by atoms with E-state index in [1.807, 2.05) is 0 Å². The second kappa shape index (κ2) is 5.13. The van der Waals surface area contributed by atoms with Crippen molar-refractivity contribution in [1.29, 1.82) is 0 Å². The Morgan fingerprint density at radius 3 is 3.35 bits per heavy atom. The molecule has 0 amide bonds. The molecule has 0 bridgehead atoms. The number of hydrogen-bond acceptors (Lipinski definition) is 5. The normalized spacial score (nSPS) is 23.1. The maximum atomic E-state index is 11.0. The van der Waals surface area contributed by atoms with Crippen molar-refractivity contribution < 1.29 is 19.2 Å². The summed E-state index contributed by atoms with van der Waals surface area (Å²) in [6.45, 7) is 4.38. The number of carboxylic acid groups (broad SMARTS) is 1. The van der Waals surface area contributed by atoms with E-state index in [0.717, 1.165) is 5.56 Å². The summed E-state index contributed by atoms with van der Waals surface area (Å²) >= 11 is 0. The molecule has 0 spiro atoms. The highest BCUT2D eigenvalue weighted by Gasteiger charge is 2.34. The van der Waals surface area contributed by atoms with Crippen molar-refractivity contribution in [2.45, 2.75) is 12.1 Å². The number of carbonyl (C=O) groups is 1. The Labute approximate surface area is 98.2 Å². The molecule has 3 N–H and O–H groups in total. The van der Waals surface area contributed by atoms with E-state index in [-0.39, 0.29) is 6.04 Å². The molecule has 2 heterocycles. The van der Waals surface area contributed by atoms with Gasteiger partial charge in [0.25, 0.3) is 0 Å². The summed E-state index contributed by atoms with van der Waals surface area (Å²) in [5, 5.41) is 11.9. The van der Waals surface area contributed by atoms with Crippen LogP contribution in [0.25, 0.3) is 0 Å². The zero-order valence-electron chi connectivity index (χ0n) is 9.18. The van der Waals surface area contributed by atoms with E-state index in [1.165, 1.54) is 6.26 Å². The first-order chi connectivity index (χ1) is 8.24. The molecular formula is C11H14N2O4. The van der Waals surface area contributed by atoms with Crippen molar-refractivity contribution in [3.05, 3.63) is 36.3 Å². The van der Waals surface area contributed by atoms with Crippen LogP contribution in [0.3, 0.4) is 0 Å². The Bertz CT molecular complexity index is 415. The molecule has 1 aromatic heterocycles. The average Bonchev–Trinajstić information content (AvgIpc) is 2.78. The second-order valence-corrected chi connectivity index (χ2v) is 3.69. The van der Waals surface area contributed by atoms with E-state index in [4.69, 9.17) is 14.4 Å². The van der Waals surface area contributed by atoms with Crippen LogP contribution in [0, 0.1) is 0 Å². The quantitative estimate of drug-likeness (QED) is 0.399. The smallest absolute Gasteiger partial charge is 0.328 e. The summed E-state index contributed by atoms with van der Waals surface area (Å²) in [7, 11) is 0. The van der Waals surface area contributed by atoms with Crippen molar-refractivity contribution in [2.24, 2.45) is 0 Å². The summed E-state index contributed by atoms with van der Waals surface area (Å²) in [5.74, 6) is -0.532. The lowest BCUT2D eigenvalue weighted by Crippen LogP contribution is -2.41. The Balaban J connectivity index is 2.11. The largest absolute Gasteiger partial charge is 0.480 e. The van der Waals surface area contributed by atoms with Gasteiger partial charge in [0.15, 0.2) is 6.04 Å². The molecule has 6 heteroatoms. The van der Waals surface area contributed by atoms with Crippen LogP contribution in [-0.2, 0) is 9.63 Å². The number of rotatable bonds is 5. The van der Waals surface area contributed by atoms with E-state index < -0.39 is 12.0 Å². The monoisotopic (exact) mass is 238 g/mol. The van der Waals surface area contributed by atoms with Crippen LogP contribution in [-0.4, -0.2) is 24.2 Å². The summed E-state index contributed by atoms with van der Waals surface area (Å²) in [6.07, 6.45) is 3.11. The molecule has 1 aliphatic rings. The number of hydroxylamine groups is 1. The highest BCUT2D eigenvalue weighted by atomic mass is 16.6. The van der Waals surface area contributed by atoms with Crippen molar-refractivity contribution in [2.75, 3.05) is 13.2 Å². The summed E-state index contributed by atoms with van der Waals surface area (Å²) in [4.78, 5) is 16.1. The van der Waals surface area contributed by atoms with E-state index in [2.05, 4.69) is 17.4 Å². The van der Waals surface area contributed by atoms with Crippen LogP contribution < -0.4 is 10.8 Å². The van der Waals surface area contributed by atoms with Gasteiger partial charge in [0.05, 0.1) is 18.9 Å². The molecule has 0 saturated carbocycles. The molecule has 2 rings (SSSR count). The van der Waals surface area contributed by atoms with Gasteiger partial charge in [-0.2, -0.15) is 5.48 Å². The van der Waals surface area contributed by atoms with E-state index in [9.17, 15) is 4.79 Å². The Hall–Kier alpha value is -1.63. The third-order valence-electron chi connectivity index (χ3n) is 2.56. The van der Waals surface area contributed by atoms with Gasteiger partial charge >= 0.3 is 5.97 Å². The van der Waals surface area contributed by atoms with Crippen LogP contribution in [0.4, 0.5) is 0 Å². The maximum Gasteiger partial charge on any atom is 0.328 e. The van der Waals surface area contributed by atoms with Gasteiger partial charge in [0.2, 0.25) is 0 Å². The molecule has 0 aliphatic carbocycles. The summed E-state index contributed by atoms with van der Waals surface area (Å²) in [6, 6.07) is 0.831. The number of hydrogen-bond donors (Lipinski definition) is 3. The predicted octanol–water partition coefficient (Wildman–Crippen LogP) is 0.757. The predicted molar refractivity (Wildman–Crippen MR) is 59.1 cm³/mol. The van der Waals surface area contributed by atoms with Gasteiger partial charge in [-0.25, -0.2) is 0 Å². The molecule has 0 unspecified atom stereocenters. The second-order valence-electron chi connectivity index (χ2n) is 3.69. The number of furan rings is 1. The van der Waals surface area contributed by atoms with Crippen LogP contribution in [0.2, 0.25) is 0 Å². The lowest BCUT2D eigenvalue weighted by atomic mass is 9.99. The third kappa shape index (κ3) is 2.38. The topological polar surface area (TPSA) is 83.7 Å². The molecule has 1 aromatic rings. The van der Waals surface area contributed by atoms with Crippen LogP contribution in [0.5, 0.6) is 0 Å². The molecule has 2 atom stereocenters. The highest BCUT2D eigenvalue weighted by molar-refractivity contribution is 5.75. The van der Waals surface area contributed by atoms with E-state index in [0.29, 0.717) is 18.9 Å². The fraction of sp³-hybridized carbons (Fsp3) is 0.364. The maximum absolute atomic E-state index is 11.0. The van der Waals surface area contributed by atoms with Gasteiger partial charge < -0.3 is 9.52 Å². The van der Waals surface area contributed by atoms with Crippen molar-refractivity contribution in [3.8, 4) is 0 Å². The Morgan fingerprint density at radius 1 is 1.82 bits per heavy atom. The number of aliphatic carboxylic acids is 1. The average molecular weight is 238 g/mol. The number of nitrogens with one attached hydrogen (secondary N) is 2. The van der Waals surface area contributed by atoms with Crippen LogP contribution in [0.1, 0.15) is 23.4 Å². The standard InChI is InChI=1S/C11H14N2O4/c1-2-4-17-13-8-6-12-9(11(14)15)10-7(8)3-5-16-10/h2-3,5,8-9,12-13H,1,4,6H2,(H,14,15)/t8-,9+/m0/s1. The molecule has 92 valence electrons. The molecule has 0 radical (unpaired) electrons. The molecular weight excluding hydrogens is 224 g/mol. The minimum atomic E-state index is -0.952. The zero-order chi connectivity index (χ0) is 12.3. The molecule has 0 aromatic carbocycles.